The molecule has 1 aromatic heterocycles. The van der Waals surface area contributed by atoms with Gasteiger partial charge in [0.25, 0.3) is 0 Å². The molecule has 1 fully saturated rings. The second kappa shape index (κ2) is 8.55. The van der Waals surface area contributed by atoms with Crippen LogP contribution in [0.15, 0.2) is 28.7 Å². The quantitative estimate of drug-likeness (QED) is 0.845. The number of amides is 2. The predicted molar refractivity (Wildman–Crippen MR) is 97.6 cm³/mol. The summed E-state index contributed by atoms with van der Waals surface area (Å²) in [5, 5.41) is 11.0. The van der Waals surface area contributed by atoms with Gasteiger partial charge < -0.3 is 24.3 Å². The van der Waals surface area contributed by atoms with Gasteiger partial charge in [-0.25, -0.2) is 4.79 Å². The van der Waals surface area contributed by atoms with E-state index in [1.54, 1.807) is 7.11 Å². The van der Waals surface area contributed by atoms with Crippen molar-refractivity contribution in [2.75, 3.05) is 44.7 Å². The third kappa shape index (κ3) is 4.25. The van der Waals surface area contributed by atoms with Gasteiger partial charge >= 0.3 is 12.0 Å². The number of piperazine rings is 1. The van der Waals surface area contributed by atoms with Gasteiger partial charge in [0.05, 0.1) is 7.11 Å². The van der Waals surface area contributed by atoms with Crippen molar-refractivity contribution in [3.8, 4) is 5.75 Å². The first-order valence-corrected chi connectivity index (χ1v) is 8.93. The van der Waals surface area contributed by atoms with Crippen molar-refractivity contribution in [2.45, 2.75) is 19.8 Å². The van der Waals surface area contributed by atoms with E-state index in [9.17, 15) is 4.79 Å². The molecule has 1 saturated heterocycles. The molecule has 1 aliphatic heterocycles. The first kappa shape index (κ1) is 18.0. The maximum absolute atomic E-state index is 12.4. The molecule has 0 aliphatic carbocycles. The van der Waals surface area contributed by atoms with E-state index in [1.165, 1.54) is 0 Å². The van der Waals surface area contributed by atoms with Crippen LogP contribution in [-0.4, -0.2) is 61.0 Å². The minimum Gasteiger partial charge on any atom is -0.496 e. The molecule has 2 amide bonds. The zero-order valence-corrected chi connectivity index (χ0v) is 15.3. The fraction of sp³-hybridized carbons (Fsp3) is 0.500. The lowest BCUT2D eigenvalue weighted by Gasteiger charge is -2.33. The number of aromatic nitrogens is 2. The molecule has 2 heterocycles. The van der Waals surface area contributed by atoms with Crippen LogP contribution in [0.2, 0.25) is 0 Å². The van der Waals surface area contributed by atoms with Crippen molar-refractivity contribution < 1.29 is 13.9 Å². The second-order valence-corrected chi connectivity index (χ2v) is 6.10. The van der Waals surface area contributed by atoms with Gasteiger partial charge in [-0.05, 0) is 18.1 Å². The van der Waals surface area contributed by atoms with Crippen LogP contribution in [0.5, 0.6) is 5.75 Å². The lowest BCUT2D eigenvalue weighted by Crippen LogP contribution is -2.52. The highest BCUT2D eigenvalue weighted by molar-refractivity contribution is 5.74. The molecule has 0 saturated carbocycles. The van der Waals surface area contributed by atoms with E-state index in [0.717, 1.165) is 24.2 Å². The molecule has 2 aromatic rings. The first-order valence-electron chi connectivity index (χ1n) is 8.93. The molecule has 1 aliphatic rings. The van der Waals surface area contributed by atoms with Crippen molar-refractivity contribution in [2.24, 2.45) is 0 Å². The standard InChI is InChI=1S/C18H25N5O3/c1-3-16-20-21-18(26-16)23-12-10-22(11-13-23)17(24)19-9-8-14-6-4-5-7-15(14)25-2/h4-7H,3,8-13H2,1-2H3,(H,19,24). The molecule has 0 bridgehead atoms. The van der Waals surface area contributed by atoms with Crippen molar-refractivity contribution in [3.05, 3.63) is 35.7 Å². The molecule has 3 rings (SSSR count). The van der Waals surface area contributed by atoms with E-state index in [4.69, 9.17) is 9.15 Å². The van der Waals surface area contributed by atoms with Gasteiger partial charge in [-0.2, -0.15) is 0 Å². The highest BCUT2D eigenvalue weighted by Gasteiger charge is 2.24. The minimum atomic E-state index is -0.0423. The molecule has 0 radical (unpaired) electrons. The van der Waals surface area contributed by atoms with Crippen LogP contribution >= 0.6 is 0 Å². The van der Waals surface area contributed by atoms with Crippen molar-refractivity contribution in [1.29, 1.82) is 0 Å². The topological polar surface area (TPSA) is 83.7 Å². The van der Waals surface area contributed by atoms with Crippen LogP contribution in [-0.2, 0) is 12.8 Å². The zero-order valence-electron chi connectivity index (χ0n) is 15.3. The number of aryl methyl sites for hydroxylation is 1. The number of rotatable bonds is 6. The summed E-state index contributed by atoms with van der Waals surface area (Å²) >= 11 is 0. The Morgan fingerprint density at radius 3 is 2.69 bits per heavy atom. The molecule has 0 spiro atoms. The molecular formula is C18H25N5O3. The van der Waals surface area contributed by atoms with Crippen molar-refractivity contribution in [3.63, 3.8) is 0 Å². The maximum atomic E-state index is 12.4. The monoisotopic (exact) mass is 359 g/mol. The summed E-state index contributed by atoms with van der Waals surface area (Å²) in [5.41, 5.74) is 1.09. The molecule has 8 nitrogen and oxygen atoms in total. The smallest absolute Gasteiger partial charge is 0.318 e. The number of carbonyl (C=O) groups excluding carboxylic acids is 1. The van der Waals surface area contributed by atoms with Gasteiger partial charge in [-0.1, -0.05) is 30.2 Å². The van der Waals surface area contributed by atoms with Crippen LogP contribution < -0.4 is 15.0 Å². The van der Waals surface area contributed by atoms with E-state index in [2.05, 4.69) is 15.5 Å². The SMILES string of the molecule is CCc1nnc(N2CCN(C(=O)NCCc3ccccc3OC)CC2)o1. The van der Waals surface area contributed by atoms with Crippen LogP contribution in [0.4, 0.5) is 10.8 Å². The second-order valence-electron chi connectivity index (χ2n) is 6.10. The highest BCUT2D eigenvalue weighted by atomic mass is 16.5. The van der Waals surface area contributed by atoms with Gasteiger partial charge in [0.15, 0.2) is 0 Å². The number of urea groups is 1. The van der Waals surface area contributed by atoms with Crippen molar-refractivity contribution >= 4 is 12.0 Å². The van der Waals surface area contributed by atoms with E-state index < -0.39 is 0 Å². The number of nitrogens with one attached hydrogen (secondary N) is 1. The van der Waals surface area contributed by atoms with Gasteiger partial charge in [0.1, 0.15) is 5.75 Å². The summed E-state index contributed by atoms with van der Waals surface area (Å²) in [4.78, 5) is 16.2. The summed E-state index contributed by atoms with van der Waals surface area (Å²) in [6, 6.07) is 8.35. The number of nitrogens with zero attached hydrogens (tertiary/aromatic N) is 4. The van der Waals surface area contributed by atoms with Gasteiger partial charge in [-0.3, -0.25) is 0 Å². The molecule has 26 heavy (non-hydrogen) atoms. The number of ether oxygens (including phenoxy) is 1. The summed E-state index contributed by atoms with van der Waals surface area (Å²) in [5.74, 6) is 1.48. The average molecular weight is 359 g/mol. The summed E-state index contributed by atoms with van der Waals surface area (Å²) in [6.07, 6.45) is 1.46. The highest BCUT2D eigenvalue weighted by Crippen LogP contribution is 2.17. The number of anilines is 1. The van der Waals surface area contributed by atoms with E-state index in [-0.39, 0.29) is 6.03 Å². The van der Waals surface area contributed by atoms with E-state index in [0.29, 0.717) is 44.6 Å². The third-order valence-electron chi connectivity index (χ3n) is 4.46. The Balaban J connectivity index is 1.43. The molecule has 1 aromatic carbocycles. The Kier molecular flexibility index (Phi) is 5.93. The number of hydrogen-bond donors (Lipinski definition) is 1. The average Bonchev–Trinajstić information content (AvgIpc) is 3.17. The van der Waals surface area contributed by atoms with Gasteiger partial charge in [0, 0.05) is 39.1 Å². The Labute approximate surface area is 153 Å². The van der Waals surface area contributed by atoms with Crippen LogP contribution in [0.25, 0.3) is 0 Å². The van der Waals surface area contributed by atoms with Crippen molar-refractivity contribution in [1.82, 2.24) is 20.4 Å². The summed E-state index contributed by atoms with van der Waals surface area (Å²) < 4.78 is 10.9. The van der Waals surface area contributed by atoms with Crippen LogP contribution in [0.3, 0.4) is 0 Å². The normalized spacial score (nSPS) is 14.4. The Morgan fingerprint density at radius 1 is 1.23 bits per heavy atom. The number of benzene rings is 1. The molecular weight excluding hydrogens is 334 g/mol. The Morgan fingerprint density at radius 2 is 2.00 bits per heavy atom. The summed E-state index contributed by atoms with van der Waals surface area (Å²) in [7, 11) is 1.66. The number of hydrogen-bond acceptors (Lipinski definition) is 6. The zero-order chi connectivity index (χ0) is 18.4. The van der Waals surface area contributed by atoms with Gasteiger partial charge in [0.2, 0.25) is 5.89 Å². The lowest BCUT2D eigenvalue weighted by molar-refractivity contribution is 0.193. The molecule has 0 unspecified atom stereocenters. The Hall–Kier alpha value is -2.77. The predicted octanol–water partition coefficient (Wildman–Crippen LogP) is 1.71. The molecule has 1 N–H and O–H groups in total. The number of para-hydroxylation sites is 1. The van der Waals surface area contributed by atoms with E-state index >= 15 is 0 Å². The molecule has 8 heteroatoms. The van der Waals surface area contributed by atoms with Crippen LogP contribution in [0.1, 0.15) is 18.4 Å². The minimum absolute atomic E-state index is 0.0423. The fourth-order valence-electron chi connectivity index (χ4n) is 2.94. The van der Waals surface area contributed by atoms with Gasteiger partial charge in [-0.15, -0.1) is 5.10 Å². The number of carbonyl (C=O) groups is 1. The largest absolute Gasteiger partial charge is 0.496 e. The molecule has 140 valence electrons. The lowest BCUT2D eigenvalue weighted by atomic mass is 10.1. The van der Waals surface area contributed by atoms with Crippen LogP contribution in [0, 0.1) is 0 Å². The fourth-order valence-corrected chi connectivity index (χ4v) is 2.94. The van der Waals surface area contributed by atoms with E-state index in [1.807, 2.05) is 41.0 Å². The molecule has 0 atom stereocenters. The Bertz CT molecular complexity index is 725. The first-order chi connectivity index (χ1) is 12.7. The third-order valence-corrected chi connectivity index (χ3v) is 4.46. The summed E-state index contributed by atoms with van der Waals surface area (Å²) in [6.45, 7) is 5.18. The maximum Gasteiger partial charge on any atom is 0.318 e. The number of methoxy groups -OCH3 is 1.